The summed E-state index contributed by atoms with van der Waals surface area (Å²) in [6.45, 7) is 0. The summed E-state index contributed by atoms with van der Waals surface area (Å²) in [5.74, 6) is -0.778. The van der Waals surface area contributed by atoms with Gasteiger partial charge in [-0.2, -0.15) is 5.26 Å². The van der Waals surface area contributed by atoms with E-state index in [-0.39, 0.29) is 27.1 Å². The van der Waals surface area contributed by atoms with E-state index < -0.39 is 11.9 Å². The number of fused-ring (bicyclic) bond motifs is 2. The predicted octanol–water partition coefficient (Wildman–Crippen LogP) is 8.61. The molecule has 180 valence electrons. The van der Waals surface area contributed by atoms with Crippen LogP contribution in [0.15, 0.2) is 60.0 Å². The Morgan fingerprint density at radius 2 is 1.78 bits per heavy atom. The molecule has 1 aromatic heterocycles. The number of ether oxygens (including phenoxy) is 2. The number of carbonyl (C=O) groups excluding carboxylic acids is 1. The number of carbonyl (C=O) groups is 1. The van der Waals surface area contributed by atoms with E-state index >= 15 is 0 Å². The van der Waals surface area contributed by atoms with Gasteiger partial charge in [0.15, 0.2) is 0 Å². The molecule has 0 saturated carbocycles. The maximum atomic E-state index is 13.0. The highest BCUT2D eigenvalue weighted by atomic mass is 35.5. The SMILES string of the molecule is N#CC1=C(N)Oc2cc(OC(=O)c3sc4cc(Cl)cc(Cl)c4c3Cl)ccc2C1c1ccc(Cl)c(Cl)c1. The number of thiophene rings is 1. The standard InChI is InChI=1S/C25H11Cl5N2O3S/c26-11-6-17(29)21-19(7-11)36-23(22(21)30)25(33)34-12-2-3-13-18(8-12)35-24(32)14(9-31)20(13)10-1-4-15(27)16(28)5-10/h1-8,20H,32H2. The molecule has 0 spiro atoms. The Morgan fingerprint density at radius 1 is 1.00 bits per heavy atom. The van der Waals surface area contributed by atoms with Crippen LogP contribution in [0.5, 0.6) is 11.5 Å². The zero-order valence-corrected chi connectivity index (χ0v) is 22.3. The Bertz CT molecular complexity index is 1660. The Kier molecular flexibility index (Phi) is 6.73. The van der Waals surface area contributed by atoms with Crippen molar-refractivity contribution in [1.82, 2.24) is 0 Å². The van der Waals surface area contributed by atoms with Crippen LogP contribution in [0.2, 0.25) is 25.1 Å². The highest BCUT2D eigenvalue weighted by Crippen LogP contribution is 2.45. The summed E-state index contributed by atoms with van der Waals surface area (Å²) >= 11 is 32.2. The second kappa shape index (κ2) is 9.68. The van der Waals surface area contributed by atoms with E-state index in [1.807, 2.05) is 0 Å². The van der Waals surface area contributed by atoms with E-state index in [1.165, 1.54) is 6.07 Å². The van der Waals surface area contributed by atoms with Crippen molar-refractivity contribution in [3.05, 3.63) is 101 Å². The van der Waals surface area contributed by atoms with Gasteiger partial charge in [0.1, 0.15) is 28.0 Å². The molecule has 1 aliphatic rings. The average Bonchev–Trinajstić information content (AvgIpc) is 3.16. The lowest BCUT2D eigenvalue weighted by Crippen LogP contribution is -2.21. The van der Waals surface area contributed by atoms with Gasteiger partial charge in [0, 0.05) is 26.7 Å². The third-order valence-corrected chi connectivity index (χ3v) is 8.38. The number of rotatable bonds is 3. The number of halogens is 5. The maximum Gasteiger partial charge on any atom is 0.355 e. The van der Waals surface area contributed by atoms with Gasteiger partial charge in [-0.25, -0.2) is 4.79 Å². The molecule has 1 unspecified atom stereocenters. The van der Waals surface area contributed by atoms with E-state index in [0.29, 0.717) is 47.1 Å². The highest BCUT2D eigenvalue weighted by molar-refractivity contribution is 7.21. The lowest BCUT2D eigenvalue weighted by molar-refractivity contribution is 0.0740. The van der Waals surface area contributed by atoms with Crippen molar-refractivity contribution < 1.29 is 14.3 Å². The Hall–Kier alpha value is -2.63. The fraction of sp³-hybridized carbons (Fsp3) is 0.0400. The fourth-order valence-corrected chi connectivity index (χ4v) is 6.48. The summed E-state index contributed by atoms with van der Waals surface area (Å²) in [5, 5.41) is 11.9. The first-order valence-electron chi connectivity index (χ1n) is 10.1. The number of nitrogens with two attached hydrogens (primary N) is 1. The van der Waals surface area contributed by atoms with Crippen LogP contribution in [0.3, 0.4) is 0 Å². The van der Waals surface area contributed by atoms with Crippen molar-refractivity contribution in [3.63, 3.8) is 0 Å². The molecule has 1 atom stereocenters. The Labute approximate surface area is 234 Å². The molecule has 1 aliphatic heterocycles. The first-order chi connectivity index (χ1) is 17.2. The summed E-state index contributed by atoms with van der Waals surface area (Å²) in [6.07, 6.45) is 0. The van der Waals surface area contributed by atoms with E-state index in [1.54, 1.807) is 42.5 Å². The second-order valence-electron chi connectivity index (χ2n) is 7.69. The average molecular weight is 597 g/mol. The molecule has 11 heteroatoms. The highest BCUT2D eigenvalue weighted by Gasteiger charge is 2.31. The summed E-state index contributed by atoms with van der Waals surface area (Å²) < 4.78 is 11.9. The Balaban J connectivity index is 1.51. The first kappa shape index (κ1) is 25.0. The van der Waals surface area contributed by atoms with Crippen LogP contribution in [-0.2, 0) is 0 Å². The molecule has 36 heavy (non-hydrogen) atoms. The quantitative estimate of drug-likeness (QED) is 0.189. The van der Waals surface area contributed by atoms with Gasteiger partial charge in [0.2, 0.25) is 5.88 Å². The van der Waals surface area contributed by atoms with Gasteiger partial charge in [0.25, 0.3) is 0 Å². The summed E-state index contributed by atoms with van der Waals surface area (Å²) in [7, 11) is 0. The fourth-order valence-electron chi connectivity index (χ4n) is 3.93. The molecule has 4 aromatic rings. The zero-order valence-electron chi connectivity index (χ0n) is 17.7. The Morgan fingerprint density at radius 3 is 2.50 bits per heavy atom. The smallest absolute Gasteiger partial charge is 0.355 e. The van der Waals surface area contributed by atoms with Crippen LogP contribution in [-0.4, -0.2) is 5.97 Å². The number of esters is 1. The largest absolute Gasteiger partial charge is 0.440 e. The molecule has 5 nitrogen and oxygen atoms in total. The van der Waals surface area contributed by atoms with Crippen molar-refractivity contribution >= 4 is 85.4 Å². The van der Waals surface area contributed by atoms with Gasteiger partial charge < -0.3 is 15.2 Å². The van der Waals surface area contributed by atoms with Crippen molar-refractivity contribution in [2.45, 2.75) is 5.92 Å². The van der Waals surface area contributed by atoms with Gasteiger partial charge in [0.05, 0.1) is 26.0 Å². The van der Waals surface area contributed by atoms with Crippen molar-refractivity contribution in [2.24, 2.45) is 5.73 Å². The number of nitrogens with zero attached hydrogens (tertiary/aromatic N) is 1. The van der Waals surface area contributed by atoms with Crippen molar-refractivity contribution in [2.75, 3.05) is 0 Å². The van der Waals surface area contributed by atoms with Crippen molar-refractivity contribution in [1.29, 1.82) is 5.26 Å². The molecule has 0 bridgehead atoms. The monoisotopic (exact) mass is 594 g/mol. The van der Waals surface area contributed by atoms with Crippen LogP contribution >= 0.6 is 69.3 Å². The van der Waals surface area contributed by atoms with Crippen LogP contribution in [0.4, 0.5) is 0 Å². The van der Waals surface area contributed by atoms with Crippen LogP contribution in [0.1, 0.15) is 26.7 Å². The molecular weight excluding hydrogens is 586 g/mol. The topological polar surface area (TPSA) is 85.3 Å². The molecule has 0 saturated heterocycles. The zero-order chi connectivity index (χ0) is 25.7. The summed E-state index contributed by atoms with van der Waals surface area (Å²) in [6, 6.07) is 15.2. The van der Waals surface area contributed by atoms with Gasteiger partial charge in [-0.1, -0.05) is 70.1 Å². The molecule has 0 fully saturated rings. The maximum absolute atomic E-state index is 13.0. The number of nitriles is 1. The molecule has 0 aliphatic carbocycles. The van der Waals surface area contributed by atoms with Crippen LogP contribution < -0.4 is 15.2 Å². The number of hydrogen-bond acceptors (Lipinski definition) is 6. The first-order valence-corrected chi connectivity index (χ1v) is 12.8. The molecule has 0 amide bonds. The number of hydrogen-bond donors (Lipinski definition) is 1. The normalized spacial score (nSPS) is 14.8. The van der Waals surface area contributed by atoms with Crippen LogP contribution in [0, 0.1) is 11.3 Å². The van der Waals surface area contributed by atoms with E-state index in [9.17, 15) is 10.1 Å². The van der Waals surface area contributed by atoms with Gasteiger partial charge >= 0.3 is 5.97 Å². The van der Waals surface area contributed by atoms with Gasteiger partial charge in [-0.05, 0) is 35.9 Å². The minimum absolute atomic E-state index is 0.0661. The van der Waals surface area contributed by atoms with Gasteiger partial charge in [-0.3, -0.25) is 0 Å². The minimum atomic E-state index is -0.675. The lowest BCUT2D eigenvalue weighted by Gasteiger charge is -2.27. The molecule has 2 N–H and O–H groups in total. The minimum Gasteiger partial charge on any atom is -0.440 e. The van der Waals surface area contributed by atoms with E-state index in [0.717, 1.165) is 11.3 Å². The third-order valence-electron chi connectivity index (χ3n) is 5.51. The molecule has 3 aromatic carbocycles. The molecule has 2 heterocycles. The van der Waals surface area contributed by atoms with E-state index in [2.05, 4.69) is 6.07 Å². The van der Waals surface area contributed by atoms with Crippen LogP contribution in [0.25, 0.3) is 10.1 Å². The van der Waals surface area contributed by atoms with Gasteiger partial charge in [-0.15, -0.1) is 11.3 Å². The number of benzene rings is 3. The molecule has 5 rings (SSSR count). The number of allylic oxidation sites excluding steroid dienone is 1. The lowest BCUT2D eigenvalue weighted by atomic mass is 9.83. The summed E-state index contributed by atoms with van der Waals surface area (Å²) in [4.78, 5) is 13.1. The van der Waals surface area contributed by atoms with Crippen molar-refractivity contribution in [3.8, 4) is 17.6 Å². The molecular formula is C25H11Cl5N2O3S. The second-order valence-corrected chi connectivity index (χ2v) is 10.8. The third kappa shape index (κ3) is 4.37. The molecule has 0 radical (unpaired) electrons. The van der Waals surface area contributed by atoms with E-state index in [4.69, 9.17) is 73.2 Å². The summed E-state index contributed by atoms with van der Waals surface area (Å²) in [5.41, 5.74) is 7.62. The predicted molar refractivity (Wildman–Crippen MR) is 144 cm³/mol.